The SMILES string of the molecule is CCCc1ccc(-c2cccc3[cH-]c(-c4ccc(C)cn4)cc23)cc1.CCCc1ccc(-c2cccc3[cH-]c(-c4ccc(C)cn4)cc23)cc1.[Zr+2]. The van der Waals surface area contributed by atoms with Gasteiger partial charge in [0.05, 0.1) is 0 Å². The van der Waals surface area contributed by atoms with Gasteiger partial charge in [-0.05, 0) is 60.1 Å². The molecule has 0 spiro atoms. The minimum atomic E-state index is 0. The van der Waals surface area contributed by atoms with Gasteiger partial charge in [-0.3, -0.25) is 9.97 Å². The van der Waals surface area contributed by atoms with E-state index in [2.05, 4.69) is 171 Å². The molecule has 6 aromatic carbocycles. The Morgan fingerprint density at radius 1 is 0.490 bits per heavy atom. The van der Waals surface area contributed by atoms with Crippen LogP contribution in [0.5, 0.6) is 0 Å². The van der Waals surface area contributed by atoms with E-state index in [0.717, 1.165) is 24.2 Å². The molecule has 0 saturated heterocycles. The number of pyridine rings is 2. The van der Waals surface area contributed by atoms with Gasteiger partial charge in [0.1, 0.15) is 0 Å². The van der Waals surface area contributed by atoms with Gasteiger partial charge >= 0.3 is 26.2 Å². The predicted octanol–water partition coefficient (Wildman–Crippen LogP) is 13.1. The molecule has 0 aliphatic heterocycles. The van der Waals surface area contributed by atoms with E-state index < -0.39 is 0 Å². The first-order valence-corrected chi connectivity index (χ1v) is 17.9. The third-order valence-corrected chi connectivity index (χ3v) is 9.52. The molecular formula is C48H44N2Zr. The second kappa shape index (κ2) is 16.5. The Balaban J connectivity index is 0.000000172. The van der Waals surface area contributed by atoms with E-state index in [1.54, 1.807) is 0 Å². The van der Waals surface area contributed by atoms with E-state index in [1.807, 2.05) is 12.4 Å². The van der Waals surface area contributed by atoms with E-state index in [0.29, 0.717) is 0 Å². The molecule has 0 aliphatic rings. The van der Waals surface area contributed by atoms with Crippen molar-refractivity contribution in [1.29, 1.82) is 0 Å². The van der Waals surface area contributed by atoms with Crippen LogP contribution >= 0.6 is 0 Å². The Hall–Kier alpha value is -4.72. The predicted molar refractivity (Wildman–Crippen MR) is 214 cm³/mol. The zero-order chi connectivity index (χ0) is 34.5. The summed E-state index contributed by atoms with van der Waals surface area (Å²) in [7, 11) is 0. The van der Waals surface area contributed by atoms with Crippen molar-refractivity contribution in [2.45, 2.75) is 53.4 Å². The second-order valence-corrected chi connectivity index (χ2v) is 13.4. The second-order valence-electron chi connectivity index (χ2n) is 13.4. The molecule has 8 aromatic rings. The Morgan fingerprint density at radius 2 is 0.902 bits per heavy atom. The van der Waals surface area contributed by atoms with Crippen molar-refractivity contribution in [2.24, 2.45) is 0 Å². The van der Waals surface area contributed by atoms with Crippen LogP contribution in [0.3, 0.4) is 0 Å². The number of nitrogens with zero attached hydrogens (tertiary/aromatic N) is 2. The quantitative estimate of drug-likeness (QED) is 0.145. The summed E-state index contributed by atoms with van der Waals surface area (Å²) in [6.45, 7) is 8.58. The van der Waals surface area contributed by atoms with Gasteiger partial charge in [0, 0.05) is 23.8 Å². The maximum absolute atomic E-state index is 4.58. The van der Waals surface area contributed by atoms with Gasteiger partial charge in [-0.2, -0.15) is 0 Å². The van der Waals surface area contributed by atoms with Crippen molar-refractivity contribution in [3.05, 3.63) is 168 Å². The van der Waals surface area contributed by atoms with Crippen molar-refractivity contribution < 1.29 is 26.2 Å². The first-order chi connectivity index (χ1) is 24.5. The summed E-state index contributed by atoms with van der Waals surface area (Å²) in [6, 6.07) is 48.5. The maximum atomic E-state index is 4.58. The molecule has 0 bridgehead atoms. The van der Waals surface area contributed by atoms with E-state index in [9.17, 15) is 0 Å². The van der Waals surface area contributed by atoms with Crippen LogP contribution in [0, 0.1) is 13.8 Å². The van der Waals surface area contributed by atoms with Crippen LogP contribution in [0.4, 0.5) is 0 Å². The number of aryl methyl sites for hydroxylation is 4. The number of benzene rings is 4. The Bertz CT molecular complexity index is 2150. The number of aromatic nitrogens is 2. The third-order valence-electron chi connectivity index (χ3n) is 9.52. The standard InChI is InChI=1S/2C24H22N.Zr/c2*1-3-5-18-9-11-19(12-10-18)22-7-4-6-20-14-21(15-23(20)22)24-13-8-17(2)16-25-24;/h2*4,6-16H,3,5H2,1-2H3;/q2*-1;+2. The molecule has 0 fully saturated rings. The van der Waals surface area contributed by atoms with Gasteiger partial charge in [-0.15, -0.1) is 69.1 Å². The smallest absolute Gasteiger partial charge is 0.295 e. The van der Waals surface area contributed by atoms with Crippen LogP contribution in [0.2, 0.25) is 0 Å². The fourth-order valence-corrected chi connectivity index (χ4v) is 6.83. The molecule has 2 aromatic heterocycles. The molecule has 0 unspecified atom stereocenters. The van der Waals surface area contributed by atoms with Crippen molar-refractivity contribution in [1.82, 2.24) is 9.97 Å². The Labute approximate surface area is 322 Å². The topological polar surface area (TPSA) is 25.8 Å². The van der Waals surface area contributed by atoms with Gasteiger partial charge in [0.25, 0.3) is 0 Å². The zero-order valence-corrected chi connectivity index (χ0v) is 32.5. The van der Waals surface area contributed by atoms with E-state index in [1.165, 1.54) is 90.0 Å². The molecule has 250 valence electrons. The van der Waals surface area contributed by atoms with Crippen molar-refractivity contribution in [3.8, 4) is 44.8 Å². The van der Waals surface area contributed by atoms with Crippen LogP contribution < -0.4 is 0 Å². The molecule has 0 N–H and O–H groups in total. The van der Waals surface area contributed by atoms with Crippen LogP contribution in [0.15, 0.2) is 146 Å². The summed E-state index contributed by atoms with van der Waals surface area (Å²) in [5.74, 6) is 0. The first kappa shape index (κ1) is 36.1. The molecule has 0 aliphatic carbocycles. The van der Waals surface area contributed by atoms with Crippen LogP contribution in [0.25, 0.3) is 66.3 Å². The van der Waals surface area contributed by atoms with Crippen LogP contribution in [-0.2, 0) is 39.0 Å². The largest absolute Gasteiger partial charge is 2.00 e. The maximum Gasteiger partial charge on any atom is 2.00 e. The molecule has 0 atom stereocenters. The minimum absolute atomic E-state index is 0. The summed E-state index contributed by atoms with van der Waals surface area (Å²) in [6.07, 6.45) is 8.52. The monoisotopic (exact) mass is 738 g/mol. The average molecular weight is 740 g/mol. The fraction of sp³-hybridized carbons (Fsp3) is 0.167. The van der Waals surface area contributed by atoms with Crippen LogP contribution in [0.1, 0.15) is 48.9 Å². The first-order valence-electron chi connectivity index (χ1n) is 17.9. The molecule has 0 saturated carbocycles. The summed E-state index contributed by atoms with van der Waals surface area (Å²) in [5.41, 5.74) is 14.8. The number of fused-ring (bicyclic) bond motifs is 2. The van der Waals surface area contributed by atoms with Crippen molar-refractivity contribution >= 4 is 21.5 Å². The Morgan fingerprint density at radius 3 is 1.25 bits per heavy atom. The Kier molecular flexibility index (Phi) is 11.7. The number of hydrogen-bond donors (Lipinski definition) is 0. The van der Waals surface area contributed by atoms with Crippen molar-refractivity contribution in [3.63, 3.8) is 0 Å². The minimum Gasteiger partial charge on any atom is -0.295 e. The molecular weight excluding hydrogens is 696 g/mol. The van der Waals surface area contributed by atoms with Gasteiger partial charge in [-0.1, -0.05) is 135 Å². The summed E-state index contributed by atoms with van der Waals surface area (Å²) < 4.78 is 0. The van der Waals surface area contributed by atoms with Gasteiger partial charge in [0.2, 0.25) is 0 Å². The van der Waals surface area contributed by atoms with E-state index in [-0.39, 0.29) is 26.2 Å². The molecule has 3 heteroatoms. The van der Waals surface area contributed by atoms with Gasteiger partial charge in [0.15, 0.2) is 0 Å². The summed E-state index contributed by atoms with van der Waals surface area (Å²) in [5, 5.41) is 5.13. The average Bonchev–Trinajstić information content (AvgIpc) is 3.79. The number of rotatable bonds is 8. The molecule has 51 heavy (non-hydrogen) atoms. The fourth-order valence-electron chi connectivity index (χ4n) is 6.83. The number of hydrogen-bond acceptors (Lipinski definition) is 2. The zero-order valence-electron chi connectivity index (χ0n) is 30.1. The molecule has 0 radical (unpaired) electrons. The third kappa shape index (κ3) is 8.27. The normalized spacial score (nSPS) is 10.9. The van der Waals surface area contributed by atoms with Gasteiger partial charge < -0.3 is 0 Å². The molecule has 0 amide bonds. The molecule has 2 nitrogen and oxygen atoms in total. The summed E-state index contributed by atoms with van der Waals surface area (Å²) >= 11 is 0. The van der Waals surface area contributed by atoms with Crippen LogP contribution in [-0.4, -0.2) is 9.97 Å². The van der Waals surface area contributed by atoms with Gasteiger partial charge in [-0.25, -0.2) is 0 Å². The van der Waals surface area contributed by atoms with Crippen molar-refractivity contribution in [2.75, 3.05) is 0 Å². The summed E-state index contributed by atoms with van der Waals surface area (Å²) in [4.78, 5) is 9.16. The molecule has 2 heterocycles. The van der Waals surface area contributed by atoms with E-state index in [4.69, 9.17) is 0 Å². The molecule has 8 rings (SSSR count). The van der Waals surface area contributed by atoms with E-state index >= 15 is 0 Å².